The van der Waals surface area contributed by atoms with Crippen molar-refractivity contribution in [2.45, 2.75) is 13.1 Å². The molecule has 0 radical (unpaired) electrons. The average molecular weight is 418 g/mol. The lowest BCUT2D eigenvalue weighted by Gasteiger charge is -2.11. The molecule has 1 N–H and O–H groups in total. The maximum atomic E-state index is 12.3. The lowest BCUT2D eigenvalue weighted by atomic mass is 10.2. The fourth-order valence-corrected chi connectivity index (χ4v) is 3.08. The average Bonchev–Trinajstić information content (AvgIpc) is 3.21. The van der Waals surface area contributed by atoms with Gasteiger partial charge in [-0.05, 0) is 29.8 Å². The summed E-state index contributed by atoms with van der Waals surface area (Å²) in [6, 6.07) is 20.4. The predicted molar refractivity (Wildman–Crippen MR) is 115 cm³/mol. The van der Waals surface area contributed by atoms with Crippen molar-refractivity contribution in [1.82, 2.24) is 20.3 Å². The van der Waals surface area contributed by atoms with Crippen LogP contribution in [-0.2, 0) is 17.9 Å². The van der Waals surface area contributed by atoms with Crippen molar-refractivity contribution >= 4 is 16.9 Å². The van der Waals surface area contributed by atoms with Gasteiger partial charge in [-0.1, -0.05) is 29.5 Å². The van der Waals surface area contributed by atoms with Gasteiger partial charge in [0, 0.05) is 24.7 Å². The van der Waals surface area contributed by atoms with E-state index in [1.54, 1.807) is 37.1 Å². The highest BCUT2D eigenvalue weighted by atomic mass is 16.5. The monoisotopic (exact) mass is 418 g/mol. The zero-order valence-corrected chi connectivity index (χ0v) is 17.2. The van der Waals surface area contributed by atoms with E-state index >= 15 is 0 Å². The summed E-state index contributed by atoms with van der Waals surface area (Å²) in [5.74, 6) is 2.43. The summed E-state index contributed by atoms with van der Waals surface area (Å²) in [6.07, 6.45) is 0. The van der Waals surface area contributed by atoms with E-state index < -0.39 is 0 Å². The van der Waals surface area contributed by atoms with E-state index in [9.17, 15) is 4.79 Å². The molecule has 8 nitrogen and oxygen atoms in total. The summed E-state index contributed by atoms with van der Waals surface area (Å²) in [4.78, 5) is 12.3. The number of methoxy groups -OCH3 is 2. The number of rotatable bonds is 8. The first-order valence-electron chi connectivity index (χ1n) is 9.69. The Hall–Kier alpha value is -4.07. The molecule has 1 amide bonds. The number of nitrogens with one attached hydrogen (secondary N) is 1. The largest absolute Gasteiger partial charge is 0.496 e. The number of hydrogen-bond acceptors (Lipinski definition) is 6. The molecule has 0 unspecified atom stereocenters. The molecular weight excluding hydrogens is 396 g/mol. The van der Waals surface area contributed by atoms with Crippen LogP contribution in [0.3, 0.4) is 0 Å². The number of ether oxygens (including phenoxy) is 3. The molecule has 4 rings (SSSR count). The third kappa shape index (κ3) is 4.92. The molecule has 0 saturated carbocycles. The minimum absolute atomic E-state index is 0.110. The molecule has 3 aromatic carbocycles. The summed E-state index contributed by atoms with van der Waals surface area (Å²) in [7, 11) is 3.18. The van der Waals surface area contributed by atoms with Crippen LogP contribution < -0.4 is 19.5 Å². The Morgan fingerprint density at radius 2 is 1.58 bits per heavy atom. The highest BCUT2D eigenvalue weighted by molar-refractivity contribution is 5.79. The Kier molecular flexibility index (Phi) is 5.98. The number of aromatic nitrogens is 3. The van der Waals surface area contributed by atoms with Gasteiger partial charge in [-0.15, -0.1) is 5.10 Å². The predicted octanol–water partition coefficient (Wildman–Crippen LogP) is 3.56. The normalized spacial score (nSPS) is 10.6. The first-order chi connectivity index (χ1) is 15.1. The Bertz CT molecular complexity index is 1170. The SMILES string of the molecule is COc1cc(OC)cc(Oc2ccc(CNC(=O)Cn3nnc4ccccc43)cc2)c1. The molecule has 0 aliphatic heterocycles. The molecule has 1 heterocycles. The van der Waals surface area contributed by atoms with Crippen molar-refractivity contribution in [3.63, 3.8) is 0 Å². The first kappa shape index (κ1) is 20.2. The summed E-state index contributed by atoms with van der Waals surface area (Å²) in [5.41, 5.74) is 2.54. The van der Waals surface area contributed by atoms with Crippen LogP contribution in [0.4, 0.5) is 0 Å². The Morgan fingerprint density at radius 3 is 2.29 bits per heavy atom. The van der Waals surface area contributed by atoms with Gasteiger partial charge in [0.15, 0.2) is 0 Å². The Morgan fingerprint density at radius 1 is 0.903 bits per heavy atom. The molecule has 31 heavy (non-hydrogen) atoms. The molecular formula is C23H22N4O4. The fourth-order valence-electron chi connectivity index (χ4n) is 3.08. The zero-order valence-electron chi connectivity index (χ0n) is 17.2. The molecule has 0 saturated heterocycles. The van der Waals surface area contributed by atoms with Crippen LogP contribution in [0, 0.1) is 0 Å². The number of nitrogens with zero attached hydrogens (tertiary/aromatic N) is 3. The number of amides is 1. The van der Waals surface area contributed by atoms with Crippen molar-refractivity contribution in [3.8, 4) is 23.0 Å². The van der Waals surface area contributed by atoms with E-state index in [1.165, 1.54) is 0 Å². The summed E-state index contributed by atoms with van der Waals surface area (Å²) < 4.78 is 18.0. The molecule has 8 heteroatoms. The van der Waals surface area contributed by atoms with Crippen LogP contribution >= 0.6 is 0 Å². The molecule has 0 fully saturated rings. The molecule has 0 aliphatic carbocycles. The van der Waals surface area contributed by atoms with Crippen molar-refractivity contribution in [2.75, 3.05) is 14.2 Å². The molecule has 0 spiro atoms. The van der Waals surface area contributed by atoms with Crippen molar-refractivity contribution in [1.29, 1.82) is 0 Å². The number of carbonyl (C=O) groups excluding carboxylic acids is 1. The van der Waals surface area contributed by atoms with Gasteiger partial charge in [0.05, 0.1) is 19.7 Å². The number of hydrogen-bond donors (Lipinski definition) is 1. The van der Waals surface area contributed by atoms with Crippen LogP contribution in [0.15, 0.2) is 66.7 Å². The number of fused-ring (bicyclic) bond motifs is 1. The van der Waals surface area contributed by atoms with Gasteiger partial charge in [-0.2, -0.15) is 0 Å². The van der Waals surface area contributed by atoms with Gasteiger partial charge in [0.2, 0.25) is 5.91 Å². The van der Waals surface area contributed by atoms with Gasteiger partial charge < -0.3 is 19.5 Å². The van der Waals surface area contributed by atoms with Crippen molar-refractivity contribution in [3.05, 3.63) is 72.3 Å². The lowest BCUT2D eigenvalue weighted by molar-refractivity contribution is -0.121. The van der Waals surface area contributed by atoms with E-state index in [0.29, 0.717) is 29.5 Å². The molecule has 158 valence electrons. The fraction of sp³-hybridized carbons (Fsp3) is 0.174. The van der Waals surface area contributed by atoms with E-state index in [2.05, 4.69) is 15.6 Å². The Labute approximate surface area is 179 Å². The smallest absolute Gasteiger partial charge is 0.242 e. The zero-order chi connectivity index (χ0) is 21.6. The van der Waals surface area contributed by atoms with Gasteiger partial charge in [0.1, 0.15) is 35.1 Å². The second-order valence-corrected chi connectivity index (χ2v) is 6.81. The second-order valence-electron chi connectivity index (χ2n) is 6.81. The Balaban J connectivity index is 1.34. The van der Waals surface area contributed by atoms with Gasteiger partial charge in [-0.25, -0.2) is 4.68 Å². The summed E-state index contributed by atoms with van der Waals surface area (Å²) >= 11 is 0. The highest BCUT2D eigenvalue weighted by Crippen LogP contribution is 2.30. The van der Waals surface area contributed by atoms with Gasteiger partial charge in [-0.3, -0.25) is 4.79 Å². The molecule has 4 aromatic rings. The van der Waals surface area contributed by atoms with Crippen molar-refractivity contribution in [2.24, 2.45) is 0 Å². The molecule has 0 aliphatic rings. The molecule has 0 atom stereocenters. The van der Waals surface area contributed by atoms with Crippen LogP contribution in [0.5, 0.6) is 23.0 Å². The summed E-state index contributed by atoms with van der Waals surface area (Å²) in [5, 5.41) is 11.0. The second kappa shape index (κ2) is 9.17. The third-order valence-corrected chi connectivity index (χ3v) is 4.69. The minimum atomic E-state index is -0.139. The number of benzene rings is 3. The van der Waals surface area contributed by atoms with Gasteiger partial charge in [0.25, 0.3) is 0 Å². The summed E-state index contributed by atoms with van der Waals surface area (Å²) in [6.45, 7) is 0.512. The van der Waals surface area contributed by atoms with Crippen LogP contribution in [0.25, 0.3) is 11.0 Å². The van der Waals surface area contributed by atoms with E-state index in [-0.39, 0.29) is 12.5 Å². The van der Waals surface area contributed by atoms with Crippen LogP contribution in [0.2, 0.25) is 0 Å². The lowest BCUT2D eigenvalue weighted by Crippen LogP contribution is -2.27. The number of carbonyl (C=O) groups is 1. The first-order valence-corrected chi connectivity index (χ1v) is 9.69. The van der Waals surface area contributed by atoms with Crippen LogP contribution in [-0.4, -0.2) is 35.1 Å². The third-order valence-electron chi connectivity index (χ3n) is 4.69. The van der Waals surface area contributed by atoms with Crippen LogP contribution in [0.1, 0.15) is 5.56 Å². The van der Waals surface area contributed by atoms with E-state index in [4.69, 9.17) is 14.2 Å². The van der Waals surface area contributed by atoms with E-state index in [0.717, 1.165) is 16.6 Å². The minimum Gasteiger partial charge on any atom is -0.496 e. The topological polar surface area (TPSA) is 87.5 Å². The number of para-hydroxylation sites is 1. The quantitative estimate of drug-likeness (QED) is 0.471. The maximum absolute atomic E-state index is 12.3. The standard InChI is InChI=1S/C23H22N4O4/c1-29-18-11-19(30-2)13-20(12-18)31-17-9-7-16(8-10-17)14-24-23(28)15-27-22-6-4-3-5-21(22)25-26-27/h3-13H,14-15H2,1-2H3,(H,24,28). The van der Waals surface area contributed by atoms with Gasteiger partial charge >= 0.3 is 0 Å². The molecule has 1 aromatic heterocycles. The maximum Gasteiger partial charge on any atom is 0.242 e. The van der Waals surface area contributed by atoms with Crippen molar-refractivity contribution < 1.29 is 19.0 Å². The molecule has 0 bridgehead atoms. The highest BCUT2D eigenvalue weighted by Gasteiger charge is 2.09. The van der Waals surface area contributed by atoms with E-state index in [1.807, 2.05) is 48.5 Å².